The van der Waals surface area contributed by atoms with Gasteiger partial charge in [0, 0.05) is 28.4 Å². The van der Waals surface area contributed by atoms with Crippen molar-refractivity contribution in [1.82, 2.24) is 9.88 Å². The molecule has 1 aromatic heterocycles. The third-order valence-corrected chi connectivity index (χ3v) is 10.2. The molecule has 49 heavy (non-hydrogen) atoms. The molecule has 0 unspecified atom stereocenters. The maximum absolute atomic E-state index is 3.28. The minimum absolute atomic E-state index is 0.847. The summed E-state index contributed by atoms with van der Waals surface area (Å²) in [5.41, 5.74) is 11.0. The lowest BCUT2D eigenvalue weighted by molar-refractivity contribution is 0.976. The first kappa shape index (κ1) is 27.7. The van der Waals surface area contributed by atoms with Crippen molar-refractivity contribution in [3.63, 3.8) is 0 Å². The summed E-state index contributed by atoms with van der Waals surface area (Å²) in [6, 6.07) is 58.1. The van der Waals surface area contributed by atoms with Gasteiger partial charge in [0.15, 0.2) is 0 Å². The number of hydrogen-bond acceptors (Lipinski definition) is 1. The fourth-order valence-corrected chi connectivity index (χ4v) is 7.87. The van der Waals surface area contributed by atoms with Crippen LogP contribution in [-0.2, 0) is 0 Å². The van der Waals surface area contributed by atoms with E-state index in [1.165, 1.54) is 93.2 Å². The molecule has 0 amide bonds. The van der Waals surface area contributed by atoms with Gasteiger partial charge in [0.05, 0.1) is 11.0 Å². The van der Waals surface area contributed by atoms with E-state index in [0.29, 0.717) is 0 Å². The van der Waals surface area contributed by atoms with Gasteiger partial charge in [-0.15, -0.1) is 0 Å². The molecule has 0 radical (unpaired) electrons. The SMILES string of the molecule is C1=CC(c2ccc3c4ccc5cc(-c6cccc(-c7cc8ccccc8c8ccccc78)c6)ccc5c4n(-c4ccccc4)c3c2)=CCN1. The first-order valence-corrected chi connectivity index (χ1v) is 17.0. The largest absolute Gasteiger partial charge is 0.387 e. The monoisotopic (exact) mass is 624 g/mol. The lowest BCUT2D eigenvalue weighted by atomic mass is 9.91. The fourth-order valence-electron chi connectivity index (χ4n) is 7.87. The Labute approximate surface area is 284 Å². The number of nitrogens with zero attached hydrogens (tertiary/aromatic N) is 1. The molecule has 1 N–H and O–H groups in total. The summed E-state index contributed by atoms with van der Waals surface area (Å²) in [4.78, 5) is 0. The van der Waals surface area contributed by atoms with Gasteiger partial charge in [-0.2, -0.15) is 0 Å². The number of aromatic nitrogens is 1. The van der Waals surface area contributed by atoms with Gasteiger partial charge in [-0.1, -0.05) is 127 Å². The van der Waals surface area contributed by atoms with E-state index in [4.69, 9.17) is 0 Å². The highest BCUT2D eigenvalue weighted by Gasteiger charge is 2.17. The molecule has 10 rings (SSSR count). The standard InChI is InChI=1S/C47H32N2/c1-2-12-38(13-3-1)49-46-30-34(31-23-25-48-26-24-31)18-21-43(46)44-22-19-37-28-33(17-20-40(37)47(44)49)32-10-8-11-35(27-32)45-29-36-9-4-5-14-39(36)41-15-6-7-16-42(41)45/h1-25,27-30,48H,26H2. The third-order valence-electron chi connectivity index (χ3n) is 10.2. The van der Waals surface area contributed by atoms with Crippen molar-refractivity contribution in [3.05, 3.63) is 182 Å². The molecule has 1 aliphatic heterocycles. The average molecular weight is 625 g/mol. The zero-order valence-corrected chi connectivity index (χ0v) is 26.9. The van der Waals surface area contributed by atoms with Crippen LogP contribution in [0.4, 0.5) is 0 Å². The Kier molecular flexibility index (Phi) is 6.28. The molecule has 0 aliphatic carbocycles. The van der Waals surface area contributed by atoms with Crippen molar-refractivity contribution in [1.29, 1.82) is 0 Å². The topological polar surface area (TPSA) is 17.0 Å². The second-order valence-electron chi connectivity index (χ2n) is 13.0. The number of rotatable bonds is 4. The van der Waals surface area contributed by atoms with Crippen LogP contribution in [0.15, 0.2) is 176 Å². The Bertz CT molecular complexity index is 2820. The lowest BCUT2D eigenvalue weighted by Crippen LogP contribution is -2.08. The molecule has 2 nitrogen and oxygen atoms in total. The minimum Gasteiger partial charge on any atom is -0.387 e. The second-order valence-corrected chi connectivity index (χ2v) is 13.0. The fraction of sp³-hybridized carbons (Fsp3) is 0.0213. The Balaban J connectivity index is 1.15. The molecular formula is C47H32N2. The van der Waals surface area contributed by atoms with E-state index in [1.807, 2.05) is 6.20 Å². The number of para-hydroxylation sites is 1. The molecule has 0 bridgehead atoms. The van der Waals surface area contributed by atoms with Gasteiger partial charge in [0.1, 0.15) is 0 Å². The summed E-state index contributed by atoms with van der Waals surface area (Å²) in [5, 5.41) is 13.4. The van der Waals surface area contributed by atoms with Crippen molar-refractivity contribution < 1.29 is 0 Å². The van der Waals surface area contributed by atoms with E-state index >= 15 is 0 Å². The first-order valence-electron chi connectivity index (χ1n) is 17.0. The zero-order valence-electron chi connectivity index (χ0n) is 26.9. The number of allylic oxidation sites excluding steroid dienone is 2. The highest BCUT2D eigenvalue weighted by atomic mass is 15.0. The summed E-state index contributed by atoms with van der Waals surface area (Å²) in [7, 11) is 0. The van der Waals surface area contributed by atoms with Crippen LogP contribution in [0.5, 0.6) is 0 Å². The van der Waals surface area contributed by atoms with Gasteiger partial charge < -0.3 is 9.88 Å². The number of hydrogen-bond donors (Lipinski definition) is 1. The zero-order chi connectivity index (χ0) is 32.3. The van der Waals surface area contributed by atoms with Gasteiger partial charge in [0.2, 0.25) is 0 Å². The Morgan fingerprint density at radius 1 is 0.449 bits per heavy atom. The van der Waals surface area contributed by atoms with E-state index < -0.39 is 0 Å². The highest BCUT2D eigenvalue weighted by Crippen LogP contribution is 2.40. The van der Waals surface area contributed by atoms with Crippen LogP contribution >= 0.6 is 0 Å². The number of dihydropyridines is 1. The normalized spacial score (nSPS) is 13.0. The molecule has 9 aromatic rings. The van der Waals surface area contributed by atoms with Crippen LogP contribution in [0.3, 0.4) is 0 Å². The van der Waals surface area contributed by atoms with Gasteiger partial charge in [-0.05, 0) is 109 Å². The molecule has 230 valence electrons. The van der Waals surface area contributed by atoms with Crippen molar-refractivity contribution in [2.75, 3.05) is 6.54 Å². The summed E-state index contributed by atoms with van der Waals surface area (Å²) in [6.45, 7) is 0.847. The number of nitrogens with one attached hydrogen (secondary N) is 1. The molecule has 0 fully saturated rings. The van der Waals surface area contributed by atoms with Crippen LogP contribution in [0, 0.1) is 0 Å². The number of benzene rings is 8. The van der Waals surface area contributed by atoms with E-state index in [1.54, 1.807) is 0 Å². The van der Waals surface area contributed by atoms with Crippen LogP contribution < -0.4 is 5.32 Å². The molecule has 8 aromatic carbocycles. The molecule has 0 saturated heterocycles. The average Bonchev–Trinajstić information content (AvgIpc) is 3.52. The Morgan fingerprint density at radius 2 is 1.16 bits per heavy atom. The Hall–Kier alpha value is -6.38. The van der Waals surface area contributed by atoms with Gasteiger partial charge >= 0.3 is 0 Å². The molecule has 0 saturated carbocycles. The molecule has 1 aliphatic rings. The van der Waals surface area contributed by atoms with E-state index in [-0.39, 0.29) is 0 Å². The van der Waals surface area contributed by atoms with Crippen molar-refractivity contribution in [2.45, 2.75) is 0 Å². The summed E-state index contributed by atoms with van der Waals surface area (Å²) < 4.78 is 2.45. The molecule has 2 heteroatoms. The molecule has 0 spiro atoms. The molecule has 2 heterocycles. The van der Waals surface area contributed by atoms with Crippen molar-refractivity contribution in [2.24, 2.45) is 0 Å². The lowest BCUT2D eigenvalue weighted by Gasteiger charge is -2.13. The van der Waals surface area contributed by atoms with E-state index in [9.17, 15) is 0 Å². The van der Waals surface area contributed by atoms with Crippen LogP contribution in [0.2, 0.25) is 0 Å². The minimum atomic E-state index is 0.847. The van der Waals surface area contributed by atoms with Crippen LogP contribution in [-0.4, -0.2) is 11.1 Å². The molecule has 0 atom stereocenters. The van der Waals surface area contributed by atoms with Crippen LogP contribution in [0.25, 0.3) is 87.6 Å². The van der Waals surface area contributed by atoms with E-state index in [2.05, 4.69) is 180 Å². The summed E-state index contributed by atoms with van der Waals surface area (Å²) in [6.07, 6.45) is 6.46. The smallest absolute Gasteiger partial charge is 0.0619 e. The van der Waals surface area contributed by atoms with Gasteiger partial charge in [-0.25, -0.2) is 0 Å². The Morgan fingerprint density at radius 3 is 2.04 bits per heavy atom. The van der Waals surface area contributed by atoms with Crippen molar-refractivity contribution >= 4 is 59.7 Å². The summed E-state index contributed by atoms with van der Waals surface area (Å²) in [5.74, 6) is 0. The maximum Gasteiger partial charge on any atom is 0.0619 e. The van der Waals surface area contributed by atoms with E-state index in [0.717, 1.165) is 6.54 Å². The van der Waals surface area contributed by atoms with Crippen LogP contribution in [0.1, 0.15) is 5.56 Å². The number of fused-ring (bicyclic) bond motifs is 8. The van der Waals surface area contributed by atoms with Gasteiger partial charge in [0.25, 0.3) is 0 Å². The van der Waals surface area contributed by atoms with Crippen molar-refractivity contribution in [3.8, 4) is 27.9 Å². The predicted molar refractivity (Wildman–Crippen MR) is 209 cm³/mol. The summed E-state index contributed by atoms with van der Waals surface area (Å²) >= 11 is 0. The third kappa shape index (κ3) is 4.49. The quantitative estimate of drug-likeness (QED) is 0.193. The van der Waals surface area contributed by atoms with Gasteiger partial charge in [-0.3, -0.25) is 0 Å². The molecular weight excluding hydrogens is 593 g/mol. The maximum atomic E-state index is 3.28. The predicted octanol–water partition coefficient (Wildman–Crippen LogP) is 12.1. The first-order chi connectivity index (χ1) is 24.3. The second kappa shape index (κ2) is 11.1. The highest BCUT2D eigenvalue weighted by molar-refractivity contribution is 6.19.